The Hall–Kier alpha value is -2.93. The van der Waals surface area contributed by atoms with Crippen molar-refractivity contribution in [3.8, 4) is 0 Å². The van der Waals surface area contributed by atoms with E-state index >= 15 is 0 Å². The summed E-state index contributed by atoms with van der Waals surface area (Å²) in [6, 6.07) is 14.1. The predicted octanol–water partition coefficient (Wildman–Crippen LogP) is 4.04. The molecule has 2 aromatic carbocycles. The summed E-state index contributed by atoms with van der Waals surface area (Å²) in [4.78, 5) is 27.8. The quantitative estimate of drug-likeness (QED) is 0.564. The molecular formula is C22H28N4O3. The molecule has 0 radical (unpaired) electrons. The molecule has 3 rings (SSSR count). The molecule has 1 fully saturated rings. The molecule has 1 atom stereocenters. The van der Waals surface area contributed by atoms with Gasteiger partial charge in [-0.1, -0.05) is 30.3 Å². The summed E-state index contributed by atoms with van der Waals surface area (Å²) < 4.78 is 0. The number of nitro benzene ring substituents is 1. The third kappa shape index (κ3) is 5.12. The van der Waals surface area contributed by atoms with Gasteiger partial charge in [0, 0.05) is 31.4 Å². The number of hydrogen-bond donors (Lipinski definition) is 1. The maximum atomic E-state index is 12.7. The van der Waals surface area contributed by atoms with Crippen LogP contribution in [0, 0.1) is 10.1 Å². The molecule has 0 spiro atoms. The average Bonchev–Trinajstić information content (AvgIpc) is 2.74. The summed E-state index contributed by atoms with van der Waals surface area (Å²) in [6.07, 6.45) is 3.69. The number of anilines is 2. The fourth-order valence-corrected chi connectivity index (χ4v) is 3.67. The summed E-state index contributed by atoms with van der Waals surface area (Å²) in [6.45, 7) is 4.56. The number of hydrogen-bond acceptors (Lipinski definition) is 5. The van der Waals surface area contributed by atoms with Gasteiger partial charge < -0.3 is 10.2 Å². The minimum absolute atomic E-state index is 0.105. The summed E-state index contributed by atoms with van der Waals surface area (Å²) in [5.41, 5.74) is 2.52. The first-order chi connectivity index (χ1) is 14.0. The van der Waals surface area contributed by atoms with Crippen molar-refractivity contribution in [3.63, 3.8) is 0 Å². The monoisotopic (exact) mass is 396 g/mol. The first kappa shape index (κ1) is 20.8. The molecule has 0 aliphatic carbocycles. The van der Waals surface area contributed by atoms with E-state index in [1.807, 2.05) is 24.9 Å². The second kappa shape index (κ2) is 9.52. The maximum Gasteiger partial charge on any atom is 0.292 e. The molecule has 154 valence electrons. The molecule has 0 aromatic heterocycles. The molecule has 7 nitrogen and oxygen atoms in total. The van der Waals surface area contributed by atoms with Crippen molar-refractivity contribution in [3.05, 3.63) is 64.2 Å². The molecule has 2 aromatic rings. The summed E-state index contributed by atoms with van der Waals surface area (Å²) in [5.74, 6) is -0.266. The standard InChI is InChI=1S/C22H28N4O3/c1-17(22(27)23-19-11-5-7-13-21(19)26(28)29)24(2)16-18-10-4-6-12-20(18)25-14-8-3-9-15-25/h4-7,10-13,17H,3,8-9,14-16H2,1-2H3,(H,23,27)/t17-/m0/s1. The third-order valence-corrected chi connectivity index (χ3v) is 5.51. The number of carbonyl (C=O) groups is 1. The molecule has 1 saturated heterocycles. The van der Waals surface area contributed by atoms with Crippen molar-refractivity contribution in [2.75, 3.05) is 30.4 Å². The van der Waals surface area contributed by atoms with E-state index in [9.17, 15) is 14.9 Å². The number of nitro groups is 1. The number of amides is 1. The van der Waals surface area contributed by atoms with Crippen LogP contribution in [-0.4, -0.2) is 41.9 Å². The van der Waals surface area contributed by atoms with Crippen molar-refractivity contribution < 1.29 is 9.72 Å². The minimum Gasteiger partial charge on any atom is -0.371 e. The van der Waals surface area contributed by atoms with Gasteiger partial charge in [-0.15, -0.1) is 0 Å². The Morgan fingerprint density at radius 2 is 1.79 bits per heavy atom. The van der Waals surface area contributed by atoms with Gasteiger partial charge in [-0.3, -0.25) is 19.8 Å². The van der Waals surface area contributed by atoms with Gasteiger partial charge in [0.2, 0.25) is 5.91 Å². The van der Waals surface area contributed by atoms with Gasteiger partial charge in [0.05, 0.1) is 11.0 Å². The van der Waals surface area contributed by atoms with Crippen molar-refractivity contribution in [2.45, 2.75) is 38.8 Å². The second-order valence-electron chi connectivity index (χ2n) is 7.53. The lowest BCUT2D eigenvalue weighted by atomic mass is 10.1. The Morgan fingerprint density at radius 1 is 1.14 bits per heavy atom. The maximum absolute atomic E-state index is 12.7. The van der Waals surface area contributed by atoms with Crippen LogP contribution >= 0.6 is 0 Å². The number of piperidine rings is 1. The molecule has 0 unspecified atom stereocenters. The second-order valence-corrected chi connectivity index (χ2v) is 7.53. The van der Waals surface area contributed by atoms with Crippen molar-refractivity contribution in [1.82, 2.24) is 4.90 Å². The van der Waals surface area contributed by atoms with E-state index < -0.39 is 11.0 Å². The highest BCUT2D eigenvalue weighted by Gasteiger charge is 2.23. The highest BCUT2D eigenvalue weighted by molar-refractivity contribution is 5.96. The summed E-state index contributed by atoms with van der Waals surface area (Å²) in [7, 11) is 1.90. The lowest BCUT2D eigenvalue weighted by Gasteiger charge is -2.32. The predicted molar refractivity (Wildman–Crippen MR) is 115 cm³/mol. The fourth-order valence-electron chi connectivity index (χ4n) is 3.67. The average molecular weight is 396 g/mol. The van der Waals surface area contributed by atoms with Gasteiger partial charge in [-0.2, -0.15) is 0 Å². The van der Waals surface area contributed by atoms with E-state index in [1.165, 1.54) is 36.6 Å². The van der Waals surface area contributed by atoms with Crippen molar-refractivity contribution >= 4 is 23.0 Å². The molecule has 1 aliphatic heterocycles. The van der Waals surface area contributed by atoms with Crippen molar-refractivity contribution in [2.24, 2.45) is 0 Å². The fraction of sp³-hybridized carbons (Fsp3) is 0.409. The number of rotatable bonds is 7. The molecule has 1 N–H and O–H groups in total. The number of benzene rings is 2. The number of nitrogens with zero attached hydrogens (tertiary/aromatic N) is 3. The van der Waals surface area contributed by atoms with Gasteiger partial charge in [0.25, 0.3) is 5.69 Å². The van der Waals surface area contributed by atoms with E-state index in [4.69, 9.17) is 0 Å². The highest BCUT2D eigenvalue weighted by Crippen LogP contribution is 2.26. The third-order valence-electron chi connectivity index (χ3n) is 5.51. The Kier molecular flexibility index (Phi) is 6.82. The van der Waals surface area contributed by atoms with E-state index in [0.717, 1.165) is 13.1 Å². The molecule has 29 heavy (non-hydrogen) atoms. The van der Waals surface area contributed by atoms with Crippen molar-refractivity contribution in [1.29, 1.82) is 0 Å². The minimum atomic E-state index is -0.487. The van der Waals surface area contributed by atoms with Crippen LogP contribution in [0.4, 0.5) is 17.1 Å². The number of nitrogens with one attached hydrogen (secondary N) is 1. The van der Waals surface area contributed by atoms with Crippen LogP contribution in [0.2, 0.25) is 0 Å². The zero-order valence-corrected chi connectivity index (χ0v) is 17.0. The summed E-state index contributed by atoms with van der Waals surface area (Å²) >= 11 is 0. The van der Waals surface area contributed by atoms with Gasteiger partial charge in [0.15, 0.2) is 0 Å². The lowest BCUT2D eigenvalue weighted by Crippen LogP contribution is -2.39. The van der Waals surface area contributed by atoms with Gasteiger partial charge >= 0.3 is 0 Å². The van der Waals surface area contributed by atoms with Crippen LogP contribution in [0.15, 0.2) is 48.5 Å². The normalized spacial score (nSPS) is 15.2. The Morgan fingerprint density at radius 3 is 2.52 bits per heavy atom. The molecular weight excluding hydrogens is 368 g/mol. The molecule has 1 amide bonds. The van der Waals surface area contributed by atoms with E-state index in [-0.39, 0.29) is 17.3 Å². The van der Waals surface area contributed by atoms with E-state index in [2.05, 4.69) is 28.4 Å². The molecule has 1 aliphatic rings. The topological polar surface area (TPSA) is 78.7 Å². The zero-order valence-electron chi connectivity index (χ0n) is 17.0. The van der Waals surface area contributed by atoms with Crippen LogP contribution in [0.5, 0.6) is 0 Å². The smallest absolute Gasteiger partial charge is 0.292 e. The Balaban J connectivity index is 1.69. The van der Waals surface area contributed by atoms with Gasteiger partial charge in [-0.05, 0) is 50.9 Å². The molecule has 0 saturated carbocycles. The van der Waals surface area contributed by atoms with Crippen LogP contribution in [0.25, 0.3) is 0 Å². The first-order valence-electron chi connectivity index (χ1n) is 10.0. The van der Waals surface area contributed by atoms with E-state index in [0.29, 0.717) is 6.54 Å². The first-order valence-corrected chi connectivity index (χ1v) is 10.0. The van der Waals surface area contributed by atoms with Crippen LogP contribution in [-0.2, 0) is 11.3 Å². The molecule has 7 heteroatoms. The Bertz CT molecular complexity index is 865. The van der Waals surface area contributed by atoms with Gasteiger partial charge in [-0.25, -0.2) is 0 Å². The number of likely N-dealkylation sites (N-methyl/N-ethyl adjacent to an activating group) is 1. The SMILES string of the molecule is C[C@@H](C(=O)Nc1ccccc1[N+](=O)[O-])N(C)Cc1ccccc1N1CCCCC1. The molecule has 1 heterocycles. The van der Waals surface area contributed by atoms with Crippen LogP contribution in [0.3, 0.4) is 0 Å². The van der Waals surface area contributed by atoms with Crippen LogP contribution in [0.1, 0.15) is 31.7 Å². The number of carbonyl (C=O) groups excluding carboxylic acids is 1. The Labute approximate surface area is 171 Å². The van der Waals surface area contributed by atoms with E-state index in [1.54, 1.807) is 18.2 Å². The number of para-hydroxylation sites is 3. The molecule has 0 bridgehead atoms. The summed E-state index contributed by atoms with van der Waals surface area (Å²) in [5, 5.41) is 13.9. The highest BCUT2D eigenvalue weighted by atomic mass is 16.6. The lowest BCUT2D eigenvalue weighted by molar-refractivity contribution is -0.383. The zero-order chi connectivity index (χ0) is 20.8. The van der Waals surface area contributed by atoms with Crippen LogP contribution < -0.4 is 10.2 Å². The largest absolute Gasteiger partial charge is 0.371 e. The van der Waals surface area contributed by atoms with Gasteiger partial charge in [0.1, 0.15) is 5.69 Å².